The van der Waals surface area contributed by atoms with Gasteiger partial charge in [0, 0.05) is 5.41 Å². The standard InChI is InChI=1S/C17H25NO3/c1-16(2,3)15(20)18-13(12-10-8-7-9-11-12)14(19)21-17(4,5)6/h7-11,13H,1-6H3,(H,18,20)/t13-/m0/s1. The van der Waals surface area contributed by atoms with Crippen molar-refractivity contribution in [1.82, 2.24) is 5.32 Å². The minimum atomic E-state index is -0.794. The van der Waals surface area contributed by atoms with Crippen LogP contribution in [-0.2, 0) is 14.3 Å². The highest BCUT2D eigenvalue weighted by Gasteiger charge is 2.31. The van der Waals surface area contributed by atoms with E-state index in [0.29, 0.717) is 5.56 Å². The van der Waals surface area contributed by atoms with Crippen molar-refractivity contribution in [1.29, 1.82) is 0 Å². The van der Waals surface area contributed by atoms with Gasteiger partial charge in [-0.1, -0.05) is 51.1 Å². The number of carbonyl (C=O) groups is 2. The van der Waals surface area contributed by atoms with Crippen LogP contribution in [0.2, 0.25) is 0 Å². The maximum atomic E-state index is 12.4. The summed E-state index contributed by atoms with van der Waals surface area (Å²) in [5, 5.41) is 2.78. The Morgan fingerprint density at radius 3 is 1.95 bits per heavy atom. The molecule has 0 aliphatic carbocycles. The second-order valence-electron chi connectivity index (χ2n) is 7.10. The van der Waals surface area contributed by atoms with Crippen molar-refractivity contribution < 1.29 is 14.3 Å². The van der Waals surface area contributed by atoms with Gasteiger partial charge >= 0.3 is 5.97 Å². The molecule has 0 aromatic heterocycles. The molecule has 0 bridgehead atoms. The molecule has 116 valence electrons. The van der Waals surface area contributed by atoms with E-state index in [1.54, 1.807) is 53.7 Å². The Kier molecular flexibility index (Phi) is 5.15. The van der Waals surface area contributed by atoms with E-state index in [1.165, 1.54) is 0 Å². The van der Waals surface area contributed by atoms with Crippen molar-refractivity contribution >= 4 is 11.9 Å². The lowest BCUT2D eigenvalue weighted by molar-refractivity contribution is -0.159. The van der Waals surface area contributed by atoms with Crippen molar-refractivity contribution in [2.45, 2.75) is 53.2 Å². The summed E-state index contributed by atoms with van der Waals surface area (Å²) in [7, 11) is 0. The summed E-state index contributed by atoms with van der Waals surface area (Å²) in [6, 6.07) is 8.33. The minimum absolute atomic E-state index is 0.192. The number of carbonyl (C=O) groups excluding carboxylic acids is 2. The fourth-order valence-corrected chi connectivity index (χ4v) is 1.63. The molecule has 0 fully saturated rings. The lowest BCUT2D eigenvalue weighted by atomic mass is 9.94. The molecule has 0 saturated carbocycles. The van der Waals surface area contributed by atoms with Crippen molar-refractivity contribution in [2.24, 2.45) is 5.41 Å². The quantitative estimate of drug-likeness (QED) is 0.870. The monoisotopic (exact) mass is 291 g/mol. The summed E-state index contributed by atoms with van der Waals surface area (Å²) in [4.78, 5) is 24.6. The highest BCUT2D eigenvalue weighted by molar-refractivity contribution is 5.88. The van der Waals surface area contributed by atoms with E-state index in [1.807, 2.05) is 18.2 Å². The van der Waals surface area contributed by atoms with Gasteiger partial charge in [0.1, 0.15) is 5.60 Å². The number of rotatable bonds is 3. The number of hydrogen-bond acceptors (Lipinski definition) is 3. The summed E-state index contributed by atoms with van der Waals surface area (Å²) in [5.41, 5.74) is -0.463. The number of benzene rings is 1. The lowest BCUT2D eigenvalue weighted by Crippen LogP contribution is -2.42. The van der Waals surface area contributed by atoms with E-state index in [9.17, 15) is 9.59 Å². The molecule has 0 aliphatic rings. The second kappa shape index (κ2) is 6.29. The number of amides is 1. The Morgan fingerprint density at radius 1 is 1.00 bits per heavy atom. The Hall–Kier alpha value is -1.84. The Balaban J connectivity index is 3.02. The zero-order chi connectivity index (χ0) is 16.3. The molecule has 4 nitrogen and oxygen atoms in total. The molecule has 21 heavy (non-hydrogen) atoms. The predicted molar refractivity (Wildman–Crippen MR) is 82.6 cm³/mol. The lowest BCUT2D eigenvalue weighted by Gasteiger charge is -2.27. The largest absolute Gasteiger partial charge is 0.458 e. The Morgan fingerprint density at radius 2 is 1.52 bits per heavy atom. The highest BCUT2D eigenvalue weighted by atomic mass is 16.6. The van der Waals surface area contributed by atoms with Crippen LogP contribution in [0, 0.1) is 5.41 Å². The summed E-state index contributed by atoms with van der Waals surface area (Å²) in [5.74, 6) is -0.645. The van der Waals surface area contributed by atoms with Gasteiger partial charge in [-0.15, -0.1) is 0 Å². The summed E-state index contributed by atoms with van der Waals surface area (Å²) in [6.07, 6.45) is 0. The van der Waals surface area contributed by atoms with Crippen LogP contribution in [0.5, 0.6) is 0 Å². The molecule has 1 amide bonds. The van der Waals surface area contributed by atoms with Gasteiger partial charge in [-0.05, 0) is 26.3 Å². The van der Waals surface area contributed by atoms with Gasteiger partial charge in [-0.3, -0.25) is 4.79 Å². The molecule has 0 aliphatic heterocycles. The van der Waals surface area contributed by atoms with Crippen LogP contribution in [-0.4, -0.2) is 17.5 Å². The molecule has 1 atom stereocenters. The van der Waals surface area contributed by atoms with Crippen LogP contribution in [0.25, 0.3) is 0 Å². The molecule has 0 saturated heterocycles. The average Bonchev–Trinajstić information content (AvgIpc) is 2.33. The predicted octanol–water partition coefficient (Wildman–Crippen LogP) is 3.23. The molecule has 1 rings (SSSR count). The molecule has 1 aromatic carbocycles. The number of nitrogens with one attached hydrogen (secondary N) is 1. The molecule has 1 aromatic rings. The van der Waals surface area contributed by atoms with Crippen molar-refractivity contribution in [3.8, 4) is 0 Å². The molecule has 0 unspecified atom stereocenters. The van der Waals surface area contributed by atoms with E-state index in [0.717, 1.165) is 0 Å². The average molecular weight is 291 g/mol. The van der Waals surface area contributed by atoms with E-state index in [-0.39, 0.29) is 5.91 Å². The van der Waals surface area contributed by atoms with Gasteiger partial charge in [0.2, 0.25) is 5.91 Å². The number of ether oxygens (including phenoxy) is 1. The van der Waals surface area contributed by atoms with Gasteiger partial charge in [0.15, 0.2) is 6.04 Å². The Bertz CT molecular complexity index is 495. The van der Waals surface area contributed by atoms with Crippen molar-refractivity contribution in [3.63, 3.8) is 0 Å². The van der Waals surface area contributed by atoms with Crippen LogP contribution in [0.15, 0.2) is 30.3 Å². The molecule has 1 N–H and O–H groups in total. The fourth-order valence-electron chi connectivity index (χ4n) is 1.63. The Labute approximate surface area is 126 Å². The first-order valence-corrected chi connectivity index (χ1v) is 7.09. The first-order valence-electron chi connectivity index (χ1n) is 7.09. The maximum absolute atomic E-state index is 12.4. The fraction of sp³-hybridized carbons (Fsp3) is 0.529. The van der Waals surface area contributed by atoms with Crippen LogP contribution >= 0.6 is 0 Å². The van der Waals surface area contributed by atoms with Crippen molar-refractivity contribution in [2.75, 3.05) is 0 Å². The third-order valence-corrected chi connectivity index (χ3v) is 2.73. The normalized spacial score (nSPS) is 13.4. The van der Waals surface area contributed by atoms with Crippen LogP contribution < -0.4 is 5.32 Å². The zero-order valence-electron chi connectivity index (χ0n) is 13.7. The van der Waals surface area contributed by atoms with Gasteiger partial charge in [0.05, 0.1) is 0 Å². The third kappa shape index (κ3) is 5.58. The smallest absolute Gasteiger partial charge is 0.333 e. The van der Waals surface area contributed by atoms with Crippen LogP contribution in [0.1, 0.15) is 53.1 Å². The summed E-state index contributed by atoms with van der Waals surface area (Å²) < 4.78 is 5.41. The minimum Gasteiger partial charge on any atom is -0.458 e. The first-order chi connectivity index (χ1) is 9.50. The van der Waals surface area contributed by atoms with E-state index >= 15 is 0 Å². The molecule has 0 spiro atoms. The van der Waals surface area contributed by atoms with Gasteiger partial charge in [-0.25, -0.2) is 4.79 Å². The number of hydrogen-bond donors (Lipinski definition) is 1. The topological polar surface area (TPSA) is 55.4 Å². The molecule has 4 heteroatoms. The zero-order valence-corrected chi connectivity index (χ0v) is 13.7. The summed E-state index contributed by atoms with van der Waals surface area (Å²) in [6.45, 7) is 10.8. The SMILES string of the molecule is CC(C)(C)OC(=O)[C@@H](NC(=O)C(C)(C)C)c1ccccc1. The van der Waals surface area contributed by atoms with Crippen molar-refractivity contribution in [3.05, 3.63) is 35.9 Å². The van der Waals surface area contributed by atoms with Gasteiger partial charge in [0.25, 0.3) is 0 Å². The summed E-state index contributed by atoms with van der Waals surface area (Å²) >= 11 is 0. The molecular weight excluding hydrogens is 266 g/mol. The van der Waals surface area contributed by atoms with E-state index in [2.05, 4.69) is 5.32 Å². The first kappa shape index (κ1) is 17.2. The van der Waals surface area contributed by atoms with Crippen LogP contribution in [0.4, 0.5) is 0 Å². The number of esters is 1. The van der Waals surface area contributed by atoms with Gasteiger partial charge < -0.3 is 10.1 Å². The molecule has 0 heterocycles. The van der Waals surface area contributed by atoms with E-state index in [4.69, 9.17) is 4.74 Å². The molecular formula is C17H25NO3. The third-order valence-electron chi connectivity index (χ3n) is 2.73. The van der Waals surface area contributed by atoms with Crippen LogP contribution in [0.3, 0.4) is 0 Å². The maximum Gasteiger partial charge on any atom is 0.333 e. The second-order valence-corrected chi connectivity index (χ2v) is 7.10. The van der Waals surface area contributed by atoms with Gasteiger partial charge in [-0.2, -0.15) is 0 Å². The highest BCUT2D eigenvalue weighted by Crippen LogP contribution is 2.21. The van der Waals surface area contributed by atoms with E-state index < -0.39 is 23.0 Å². The molecule has 0 radical (unpaired) electrons.